The second-order valence-electron chi connectivity index (χ2n) is 4.21. The van der Waals surface area contributed by atoms with Gasteiger partial charge in [0.05, 0.1) is 12.0 Å². The highest BCUT2D eigenvalue weighted by atomic mass is 35.5. The Hall–Kier alpha value is -0.770. The first-order chi connectivity index (χ1) is 7.47. The summed E-state index contributed by atoms with van der Waals surface area (Å²) in [4.78, 5) is 0. The molecule has 0 bridgehead atoms. The van der Waals surface area contributed by atoms with Crippen LogP contribution in [0.2, 0.25) is 0 Å². The summed E-state index contributed by atoms with van der Waals surface area (Å²) in [5.41, 5.74) is 7.86. The van der Waals surface area contributed by atoms with Crippen molar-refractivity contribution in [3.63, 3.8) is 0 Å². The number of halogens is 1. The van der Waals surface area contributed by atoms with Gasteiger partial charge in [-0.1, -0.05) is 26.0 Å². The molecule has 2 atom stereocenters. The average Bonchev–Trinajstić information content (AvgIpc) is 2.27. The van der Waals surface area contributed by atoms with Crippen molar-refractivity contribution in [1.29, 1.82) is 0 Å². The molecule has 0 radical (unpaired) electrons. The quantitative estimate of drug-likeness (QED) is 0.560. The number of benzene rings is 1. The third kappa shape index (κ3) is 2.88. The van der Waals surface area contributed by atoms with Gasteiger partial charge in [-0.05, 0) is 17.5 Å². The van der Waals surface area contributed by atoms with Crippen LogP contribution in [0.1, 0.15) is 37.0 Å². The van der Waals surface area contributed by atoms with Crippen LogP contribution < -0.4 is 5.73 Å². The molecule has 0 aliphatic heterocycles. The largest absolute Gasteiger partial charge is 0.398 e. The number of hydrogen-bond donors (Lipinski definition) is 3. The van der Waals surface area contributed by atoms with Crippen LogP contribution in [0.15, 0.2) is 18.2 Å². The van der Waals surface area contributed by atoms with Crippen molar-refractivity contribution >= 4 is 17.3 Å². The molecule has 0 saturated carbocycles. The predicted octanol–water partition coefficient (Wildman–Crippen LogP) is 2.03. The van der Waals surface area contributed by atoms with E-state index in [1.807, 2.05) is 12.1 Å². The lowest BCUT2D eigenvalue weighted by molar-refractivity contribution is 0.0331. The molecule has 90 valence electrons. The van der Waals surface area contributed by atoms with Crippen LogP contribution in [-0.4, -0.2) is 22.2 Å². The molecule has 16 heavy (non-hydrogen) atoms. The van der Waals surface area contributed by atoms with Crippen LogP contribution in [0.4, 0.5) is 5.69 Å². The van der Waals surface area contributed by atoms with Gasteiger partial charge < -0.3 is 15.9 Å². The topological polar surface area (TPSA) is 66.5 Å². The van der Waals surface area contributed by atoms with Crippen molar-refractivity contribution < 1.29 is 10.2 Å². The van der Waals surface area contributed by atoms with Crippen LogP contribution in [0.3, 0.4) is 0 Å². The third-order valence-electron chi connectivity index (χ3n) is 2.62. The first-order valence-corrected chi connectivity index (χ1v) is 5.82. The van der Waals surface area contributed by atoms with Crippen molar-refractivity contribution in [3.8, 4) is 0 Å². The number of alkyl halides is 1. The SMILES string of the molecule is CC(C)c1ccc(N)c(C(O)C(O)CCl)c1. The molecule has 0 fully saturated rings. The van der Waals surface area contributed by atoms with Gasteiger partial charge in [-0.15, -0.1) is 11.6 Å². The zero-order chi connectivity index (χ0) is 12.3. The van der Waals surface area contributed by atoms with E-state index in [-0.39, 0.29) is 5.88 Å². The Bertz CT molecular complexity index is 355. The lowest BCUT2D eigenvalue weighted by atomic mass is 9.96. The monoisotopic (exact) mass is 243 g/mol. The van der Waals surface area contributed by atoms with E-state index in [1.165, 1.54) is 0 Å². The number of nitrogen functional groups attached to an aromatic ring is 1. The smallest absolute Gasteiger partial charge is 0.108 e. The minimum absolute atomic E-state index is 0.0213. The maximum atomic E-state index is 9.86. The van der Waals surface area contributed by atoms with Crippen molar-refractivity contribution in [1.82, 2.24) is 0 Å². The molecule has 1 rings (SSSR count). The molecule has 1 aromatic carbocycles. The van der Waals surface area contributed by atoms with E-state index in [0.29, 0.717) is 17.2 Å². The van der Waals surface area contributed by atoms with E-state index in [9.17, 15) is 10.2 Å². The Kier molecular flexibility index (Phi) is 4.59. The van der Waals surface area contributed by atoms with Crippen LogP contribution >= 0.6 is 11.6 Å². The van der Waals surface area contributed by atoms with Gasteiger partial charge in [0.1, 0.15) is 6.10 Å². The standard InChI is InChI=1S/C12H18ClNO2/c1-7(2)8-3-4-10(14)9(5-8)12(16)11(15)6-13/h3-5,7,11-12,15-16H,6,14H2,1-2H3. The zero-order valence-corrected chi connectivity index (χ0v) is 10.3. The molecule has 4 heteroatoms. The van der Waals surface area contributed by atoms with E-state index in [1.54, 1.807) is 6.07 Å². The van der Waals surface area contributed by atoms with Gasteiger partial charge in [-0.25, -0.2) is 0 Å². The summed E-state index contributed by atoms with van der Waals surface area (Å²) in [6, 6.07) is 5.48. The molecule has 0 heterocycles. The van der Waals surface area contributed by atoms with Crippen molar-refractivity contribution in [2.24, 2.45) is 0 Å². The third-order valence-corrected chi connectivity index (χ3v) is 2.93. The van der Waals surface area contributed by atoms with E-state index in [2.05, 4.69) is 13.8 Å². The van der Waals surface area contributed by atoms with E-state index >= 15 is 0 Å². The second-order valence-corrected chi connectivity index (χ2v) is 4.52. The van der Waals surface area contributed by atoms with E-state index in [0.717, 1.165) is 5.56 Å². The summed E-state index contributed by atoms with van der Waals surface area (Å²) in [7, 11) is 0. The normalized spacial score (nSPS) is 15.1. The number of nitrogens with two attached hydrogens (primary N) is 1. The molecule has 0 amide bonds. The number of rotatable bonds is 4. The molecule has 0 saturated heterocycles. The Morgan fingerprint density at radius 3 is 2.44 bits per heavy atom. The van der Waals surface area contributed by atoms with Gasteiger partial charge >= 0.3 is 0 Å². The first-order valence-electron chi connectivity index (χ1n) is 5.28. The highest BCUT2D eigenvalue weighted by Crippen LogP contribution is 2.27. The van der Waals surface area contributed by atoms with Crippen LogP contribution in [0.5, 0.6) is 0 Å². The van der Waals surface area contributed by atoms with E-state index in [4.69, 9.17) is 17.3 Å². The molecule has 4 N–H and O–H groups in total. The summed E-state index contributed by atoms with van der Waals surface area (Å²) in [6.45, 7) is 4.11. The number of aliphatic hydroxyl groups is 2. The maximum absolute atomic E-state index is 9.86. The summed E-state index contributed by atoms with van der Waals surface area (Å²) in [6.07, 6.45) is -2.03. The first kappa shape index (κ1) is 13.3. The molecule has 0 spiro atoms. The Labute approximate surface area is 101 Å². The van der Waals surface area contributed by atoms with Crippen LogP contribution in [-0.2, 0) is 0 Å². The summed E-state index contributed by atoms with van der Waals surface area (Å²) >= 11 is 5.50. The van der Waals surface area contributed by atoms with Gasteiger partial charge in [0.2, 0.25) is 0 Å². The van der Waals surface area contributed by atoms with Gasteiger partial charge in [0, 0.05) is 11.3 Å². The summed E-state index contributed by atoms with van der Waals surface area (Å²) in [5.74, 6) is 0.326. The molecule has 1 aromatic rings. The second kappa shape index (κ2) is 5.53. The van der Waals surface area contributed by atoms with Gasteiger partial charge in [0.15, 0.2) is 0 Å². The number of aliphatic hydroxyl groups excluding tert-OH is 2. The van der Waals surface area contributed by atoms with Crippen LogP contribution in [0, 0.1) is 0 Å². The van der Waals surface area contributed by atoms with Gasteiger partial charge in [-0.2, -0.15) is 0 Å². The highest BCUT2D eigenvalue weighted by molar-refractivity contribution is 6.18. The Morgan fingerprint density at radius 1 is 1.31 bits per heavy atom. The van der Waals surface area contributed by atoms with Gasteiger partial charge in [-0.3, -0.25) is 0 Å². The predicted molar refractivity (Wildman–Crippen MR) is 66.6 cm³/mol. The average molecular weight is 244 g/mol. The van der Waals surface area contributed by atoms with Crippen molar-refractivity contribution in [3.05, 3.63) is 29.3 Å². The van der Waals surface area contributed by atoms with Crippen LogP contribution in [0.25, 0.3) is 0 Å². The fourth-order valence-electron chi connectivity index (χ4n) is 1.50. The fourth-order valence-corrected chi connectivity index (χ4v) is 1.67. The molecule has 0 aliphatic rings. The zero-order valence-electron chi connectivity index (χ0n) is 9.52. The van der Waals surface area contributed by atoms with E-state index < -0.39 is 12.2 Å². The number of anilines is 1. The lowest BCUT2D eigenvalue weighted by Gasteiger charge is -2.19. The highest BCUT2D eigenvalue weighted by Gasteiger charge is 2.20. The molecule has 3 nitrogen and oxygen atoms in total. The minimum atomic E-state index is -1.03. The molecular weight excluding hydrogens is 226 g/mol. The summed E-state index contributed by atoms with van der Waals surface area (Å²) in [5, 5.41) is 19.4. The fraction of sp³-hybridized carbons (Fsp3) is 0.500. The Balaban J connectivity index is 3.06. The maximum Gasteiger partial charge on any atom is 0.108 e. The number of hydrogen-bond acceptors (Lipinski definition) is 3. The molecule has 0 aliphatic carbocycles. The van der Waals surface area contributed by atoms with Gasteiger partial charge in [0.25, 0.3) is 0 Å². The van der Waals surface area contributed by atoms with Crippen molar-refractivity contribution in [2.75, 3.05) is 11.6 Å². The molecule has 0 aromatic heterocycles. The Morgan fingerprint density at radius 2 is 1.94 bits per heavy atom. The molecular formula is C12H18ClNO2. The minimum Gasteiger partial charge on any atom is -0.398 e. The summed E-state index contributed by atoms with van der Waals surface area (Å²) < 4.78 is 0. The lowest BCUT2D eigenvalue weighted by Crippen LogP contribution is -2.21. The van der Waals surface area contributed by atoms with Crippen molar-refractivity contribution in [2.45, 2.75) is 32.0 Å². The molecule has 2 unspecified atom stereocenters.